The monoisotopic (exact) mass is 1420 g/mol. The number of aliphatic hydroxyl groups excluding tert-OH is 2. The fraction of sp³-hybridized carbons (Fsp3) is 0.900. The Kier molecular flexibility index (Phi) is 42.4. The summed E-state index contributed by atoms with van der Waals surface area (Å²) in [5.41, 5.74) is 8.13. The zero-order valence-corrected chi connectivity index (χ0v) is 69.0. The van der Waals surface area contributed by atoms with Gasteiger partial charge in [0.05, 0.1) is 51.7 Å². The van der Waals surface area contributed by atoms with Gasteiger partial charge in [-0.15, -0.1) is 0 Å². The van der Waals surface area contributed by atoms with Gasteiger partial charge in [0.25, 0.3) is 0 Å². The number of methoxy groups -OCH3 is 1. The van der Waals surface area contributed by atoms with Crippen LogP contribution in [0.15, 0.2) is 24.5 Å². The van der Waals surface area contributed by atoms with E-state index in [0.29, 0.717) is 36.0 Å². The van der Waals surface area contributed by atoms with Crippen LogP contribution in [-0.2, 0) is 35.1 Å². The number of hydrogen-bond donors (Lipinski definition) is 5. The molecular weight excluding hydrogens is 1260 g/mol. The van der Waals surface area contributed by atoms with Crippen molar-refractivity contribution in [2.45, 2.75) is 312 Å². The molecule has 0 aromatic carbocycles. The number of nitrogens with one attached hydrogen (secondary N) is 2. The van der Waals surface area contributed by atoms with Crippen LogP contribution in [0.25, 0.3) is 0 Å². The molecule has 6 N–H and O–H groups in total. The van der Waals surface area contributed by atoms with Crippen molar-refractivity contribution in [2.75, 3.05) is 145 Å². The van der Waals surface area contributed by atoms with Gasteiger partial charge in [0.1, 0.15) is 6.04 Å². The summed E-state index contributed by atoms with van der Waals surface area (Å²) in [5.74, 6) is 1.29. The number of aromatic nitrogens is 1. The second-order valence-electron chi connectivity index (χ2n) is 35.9. The first-order chi connectivity index (χ1) is 46.6. The molecule has 5 atom stereocenters. The third-order valence-corrected chi connectivity index (χ3v) is 20.8. The summed E-state index contributed by atoms with van der Waals surface area (Å²) in [4.78, 5) is 59.1. The van der Waals surface area contributed by atoms with E-state index in [1.54, 1.807) is 0 Å². The molecule has 0 radical (unpaired) electrons. The molecule has 0 saturated carbocycles. The summed E-state index contributed by atoms with van der Waals surface area (Å²) in [6.45, 7) is 66.9. The Labute approximate surface area is 613 Å². The number of piperazine rings is 1. The number of morpholine rings is 2. The molecule has 1 aromatic heterocycles. The maximum absolute atomic E-state index is 12.7. The van der Waals surface area contributed by atoms with Crippen LogP contribution in [0.2, 0.25) is 0 Å². The highest BCUT2D eigenvalue weighted by Crippen LogP contribution is 2.35. The molecule has 0 bridgehead atoms. The molecule has 5 unspecified atom stereocenters. The third-order valence-electron chi connectivity index (χ3n) is 20.8. The molecule has 2 amide bonds. The summed E-state index contributed by atoms with van der Waals surface area (Å²) >= 11 is 0. The van der Waals surface area contributed by atoms with Crippen LogP contribution in [-0.4, -0.2) is 281 Å². The average molecular weight is 1420 g/mol. The van der Waals surface area contributed by atoms with Crippen LogP contribution in [0.5, 0.6) is 0 Å². The number of esters is 1. The molecule has 7 fully saturated rings. The van der Waals surface area contributed by atoms with Crippen LogP contribution in [0, 0.1) is 11.3 Å². The lowest BCUT2D eigenvalue weighted by Crippen LogP contribution is -2.59. The number of nitrogens with two attached hydrogens (primary N) is 1. The van der Waals surface area contributed by atoms with E-state index in [0.717, 1.165) is 136 Å². The van der Waals surface area contributed by atoms with Gasteiger partial charge in [0.2, 0.25) is 11.8 Å². The zero-order chi connectivity index (χ0) is 75.7. The Balaban J connectivity index is 0.000000400. The van der Waals surface area contributed by atoms with E-state index in [9.17, 15) is 14.4 Å². The Morgan fingerprint density at radius 2 is 1.20 bits per heavy atom. The number of carbonyl (C=O) groups is 3. The second kappa shape index (κ2) is 45.5. The van der Waals surface area contributed by atoms with E-state index in [1.807, 2.05) is 23.4 Å². The van der Waals surface area contributed by atoms with E-state index in [2.05, 4.69) is 215 Å². The van der Waals surface area contributed by atoms with Crippen molar-refractivity contribution in [1.82, 2.24) is 54.8 Å². The van der Waals surface area contributed by atoms with Gasteiger partial charge >= 0.3 is 5.97 Å². The minimum Gasteiger partial charge on any atom is -0.468 e. The fourth-order valence-electron chi connectivity index (χ4n) is 14.3. The smallest absolute Gasteiger partial charge is 0.323 e. The largest absolute Gasteiger partial charge is 0.468 e. The van der Waals surface area contributed by atoms with Crippen molar-refractivity contribution in [3.63, 3.8) is 0 Å². The first kappa shape index (κ1) is 93.1. The molecule has 0 aliphatic carbocycles. The van der Waals surface area contributed by atoms with Gasteiger partial charge < -0.3 is 50.6 Å². The van der Waals surface area contributed by atoms with E-state index in [4.69, 9.17) is 30.2 Å². The number of aliphatic hydroxyl groups is 2. The topological polar surface area (TPSA) is 208 Å². The first-order valence-corrected chi connectivity index (χ1v) is 39.2. The minimum atomic E-state index is -0.0837. The first-order valence-electron chi connectivity index (χ1n) is 39.2. The number of amides is 2. The quantitative estimate of drug-likeness (QED) is 0.116. The number of carbonyl (C=O) groups excluding carboxylic acids is 3. The molecule has 7 aliphatic rings. The highest BCUT2D eigenvalue weighted by atomic mass is 16.5. The summed E-state index contributed by atoms with van der Waals surface area (Å²) in [7, 11) is 3.66. The number of hydrogen-bond acceptors (Lipinski definition) is 18. The number of ether oxygens (including phenoxy) is 3. The highest BCUT2D eigenvalue weighted by Gasteiger charge is 2.40. The highest BCUT2D eigenvalue weighted by molar-refractivity contribution is 5.82. The van der Waals surface area contributed by atoms with Crippen molar-refractivity contribution in [1.29, 1.82) is 0 Å². The van der Waals surface area contributed by atoms with Gasteiger partial charge in [-0.25, -0.2) is 0 Å². The van der Waals surface area contributed by atoms with Crippen molar-refractivity contribution >= 4 is 17.8 Å². The number of pyridine rings is 1. The number of nitrogens with zero attached hydrogens (tertiary/aromatic N) is 9. The normalized spacial score (nSPS) is 23.4. The maximum Gasteiger partial charge on any atom is 0.323 e. The predicted octanol–water partition coefficient (Wildman–Crippen LogP) is 10.8. The third kappa shape index (κ3) is 35.4. The predicted molar refractivity (Wildman–Crippen MR) is 416 cm³/mol. The van der Waals surface area contributed by atoms with Crippen LogP contribution >= 0.6 is 0 Å². The number of piperidine rings is 4. The molecule has 8 rings (SSSR count). The van der Waals surface area contributed by atoms with Crippen LogP contribution < -0.4 is 16.4 Å². The molecule has 1 aromatic rings. The minimum absolute atomic E-state index is 0.0120. The van der Waals surface area contributed by atoms with Crippen molar-refractivity contribution in [3.05, 3.63) is 30.1 Å². The second-order valence-corrected chi connectivity index (χ2v) is 35.9. The maximum atomic E-state index is 12.7. The summed E-state index contributed by atoms with van der Waals surface area (Å²) in [6.07, 6.45) is 19.9. The standard InChI is InChI=1S/C15H24N2.C14H27N3O.C12H25N3O.C11H21NO2.C10H21NO2.C9H19NO2.C9H21N/c1-15(2,3)14-6-9-17(10-7-14)12-13-5-4-8-16-11-13;1-14(2,3)17-9-5-4-6-12(17)13(18)16-10-7-15-8-11-16;1-12(2,3)15-9-5-4-6-10(15)11(16)14-8-7-13;1-11(2,3)12-8-6-5-7-9(12)10(13)14-4;1-10(2,3)11-5-7-13-8-9(11)4-6-12;1-9(2,3)10-4-5-12-8(6-10)7-11;1-6-7-8-10(5)9(2,3)4/h4-5,8,11,14H,6-7,9-10,12H2,1-3H3;12,15H,4-11H2,1-3H3;10H,4-9,13H2,1-3H3,(H,14,16);9H,5-8H2,1-4H3;9,12H,4-8H2,1-3H3;8,11H,4-7H2,1-3H3;6-8H2,1-5H3. The van der Waals surface area contributed by atoms with Crippen molar-refractivity contribution in [2.24, 2.45) is 17.1 Å². The summed E-state index contributed by atoms with van der Waals surface area (Å²) < 4.78 is 15.6. The van der Waals surface area contributed by atoms with Crippen LogP contribution in [0.3, 0.4) is 0 Å². The van der Waals surface area contributed by atoms with E-state index >= 15 is 0 Å². The molecule has 8 heterocycles. The number of rotatable bonds is 13. The lowest BCUT2D eigenvalue weighted by molar-refractivity contribution is -0.151. The molecule has 20 nitrogen and oxygen atoms in total. The summed E-state index contributed by atoms with van der Waals surface area (Å²) in [5, 5.41) is 24.0. The van der Waals surface area contributed by atoms with E-state index in [-0.39, 0.29) is 77.0 Å². The Morgan fingerprint density at radius 1 is 0.670 bits per heavy atom. The Morgan fingerprint density at radius 3 is 1.66 bits per heavy atom. The summed E-state index contributed by atoms with van der Waals surface area (Å²) in [6, 6.07) is 4.68. The number of unbranched alkanes of at least 4 members (excludes halogenated alkanes) is 1. The van der Waals surface area contributed by atoms with Crippen molar-refractivity contribution < 1.29 is 38.8 Å². The molecular formula is C80H158N12O8. The lowest BCUT2D eigenvalue weighted by atomic mass is 9.75. The molecule has 0 spiro atoms. The van der Waals surface area contributed by atoms with Crippen LogP contribution in [0.4, 0.5) is 0 Å². The average Bonchev–Trinajstić information content (AvgIpc) is 0.831. The van der Waals surface area contributed by atoms with E-state index < -0.39 is 0 Å². The molecule has 100 heavy (non-hydrogen) atoms. The Bertz CT molecular complexity index is 2320. The van der Waals surface area contributed by atoms with E-state index in [1.165, 1.54) is 83.7 Å². The van der Waals surface area contributed by atoms with Crippen molar-refractivity contribution in [3.8, 4) is 0 Å². The van der Waals surface area contributed by atoms with Gasteiger partial charge in [-0.1, -0.05) is 59.4 Å². The molecule has 7 aliphatic heterocycles. The fourth-order valence-corrected chi connectivity index (χ4v) is 14.3. The molecule has 20 heteroatoms. The zero-order valence-electron chi connectivity index (χ0n) is 69.0. The molecule has 586 valence electrons. The SMILES string of the molecule is CC(C)(C)C1CCN(Cc2cccnc2)CC1.CC(C)(C)N1CCCCC1C(=O)N1CCNCC1.CC(C)(C)N1CCCCC1C(=O)NCCN.CC(C)(C)N1CCOC(CO)C1.CC(C)(C)N1CCOCC1CCO.CCCCN(C)C(C)(C)C.COC(=O)C1CCCCN1C(C)(C)C. The Hall–Kier alpha value is -2.96. The van der Waals surface area contributed by atoms with Gasteiger partial charge in [-0.2, -0.15) is 0 Å². The van der Waals surface area contributed by atoms with Gasteiger partial charge in [-0.05, 0) is 258 Å². The lowest BCUT2D eigenvalue weighted by Gasteiger charge is -2.45. The van der Waals surface area contributed by atoms with Gasteiger partial charge in [0, 0.05) is 124 Å². The van der Waals surface area contributed by atoms with Gasteiger partial charge in [-0.3, -0.25) is 48.8 Å². The number of likely N-dealkylation sites (tertiary alicyclic amines) is 4. The van der Waals surface area contributed by atoms with Gasteiger partial charge in [0.15, 0.2) is 0 Å². The molecule has 7 saturated heterocycles. The van der Waals surface area contributed by atoms with Crippen LogP contribution in [0.1, 0.15) is 248 Å².